The Labute approximate surface area is 181 Å². The van der Waals surface area contributed by atoms with E-state index in [1.165, 1.54) is 31.5 Å². The van der Waals surface area contributed by atoms with Gasteiger partial charge in [-0.3, -0.25) is 24.1 Å². The van der Waals surface area contributed by atoms with Crippen molar-refractivity contribution < 1.29 is 31.1 Å². The second kappa shape index (κ2) is 8.68. The molecule has 0 aliphatic heterocycles. The molecule has 12 heteroatoms. The summed E-state index contributed by atoms with van der Waals surface area (Å²) < 4.78 is 80.3. The van der Waals surface area contributed by atoms with Crippen molar-refractivity contribution in [1.82, 2.24) is 14.5 Å². The van der Waals surface area contributed by atoms with Crippen molar-refractivity contribution in [1.29, 1.82) is 0 Å². The highest BCUT2D eigenvalue weighted by molar-refractivity contribution is 6.09. The third kappa shape index (κ3) is 5.04. The number of nitrogens with one attached hydrogen (secondary N) is 1. The van der Waals surface area contributed by atoms with Crippen molar-refractivity contribution in [2.24, 2.45) is 0 Å². The van der Waals surface area contributed by atoms with Gasteiger partial charge in [-0.1, -0.05) is 6.92 Å². The SMILES string of the molecule is CCc1c(C(=O)c2cc(C(F)(F)F)cc(C(F)(F)F)c2)n(Cc2ccncc2)c(=O)[nH]c1=O. The quantitative estimate of drug-likeness (QED) is 0.453. The van der Waals surface area contributed by atoms with Crippen LogP contribution in [0.5, 0.6) is 0 Å². The Bertz CT molecular complexity index is 1280. The van der Waals surface area contributed by atoms with E-state index >= 15 is 0 Å². The lowest BCUT2D eigenvalue weighted by Crippen LogP contribution is -2.37. The van der Waals surface area contributed by atoms with Crippen LogP contribution in [-0.2, 0) is 25.3 Å². The van der Waals surface area contributed by atoms with Gasteiger partial charge < -0.3 is 0 Å². The number of pyridine rings is 1. The fourth-order valence-corrected chi connectivity index (χ4v) is 3.24. The molecule has 1 aromatic carbocycles. The lowest BCUT2D eigenvalue weighted by molar-refractivity contribution is -0.143. The summed E-state index contributed by atoms with van der Waals surface area (Å²) in [6.07, 6.45) is -7.69. The molecule has 0 aliphatic rings. The standard InChI is InChI=1S/C21H15F6N3O3/c1-2-15-16(30(19(33)29-18(15)32)10-11-3-5-28-6-4-11)17(31)12-7-13(20(22,23)24)9-14(8-12)21(25,26)27/h3-9H,2,10H2,1H3,(H,29,32,33). The molecule has 0 fully saturated rings. The highest BCUT2D eigenvalue weighted by Crippen LogP contribution is 2.36. The molecule has 3 rings (SSSR count). The normalized spacial score (nSPS) is 12.1. The number of carbonyl (C=O) groups is 1. The Hall–Kier alpha value is -3.70. The predicted molar refractivity (Wildman–Crippen MR) is 104 cm³/mol. The Morgan fingerprint density at radius 3 is 2.00 bits per heavy atom. The summed E-state index contributed by atoms with van der Waals surface area (Å²) in [7, 11) is 0. The number of nitrogens with zero attached hydrogens (tertiary/aromatic N) is 2. The van der Waals surface area contributed by atoms with E-state index < -0.39 is 51.8 Å². The van der Waals surface area contributed by atoms with Crippen LogP contribution in [0.4, 0.5) is 26.3 Å². The molecule has 3 aromatic rings. The Morgan fingerprint density at radius 1 is 0.970 bits per heavy atom. The fraction of sp³-hybridized carbons (Fsp3) is 0.238. The van der Waals surface area contributed by atoms with Crippen LogP contribution in [0.15, 0.2) is 52.3 Å². The van der Waals surface area contributed by atoms with E-state index in [1.54, 1.807) is 0 Å². The van der Waals surface area contributed by atoms with E-state index in [1.807, 2.05) is 4.98 Å². The maximum atomic E-state index is 13.2. The fourth-order valence-electron chi connectivity index (χ4n) is 3.24. The highest BCUT2D eigenvalue weighted by Gasteiger charge is 2.38. The van der Waals surface area contributed by atoms with Gasteiger partial charge in [0.15, 0.2) is 0 Å². The predicted octanol–water partition coefficient (Wildman–Crippen LogP) is 3.81. The largest absolute Gasteiger partial charge is 0.416 e. The van der Waals surface area contributed by atoms with Crippen LogP contribution in [0.3, 0.4) is 0 Å². The van der Waals surface area contributed by atoms with Crippen molar-refractivity contribution in [2.45, 2.75) is 32.2 Å². The zero-order valence-corrected chi connectivity index (χ0v) is 16.8. The molecule has 0 saturated carbocycles. The van der Waals surface area contributed by atoms with Crippen LogP contribution in [0.1, 0.15) is 45.2 Å². The molecule has 0 radical (unpaired) electrons. The molecule has 0 saturated heterocycles. The molecule has 0 atom stereocenters. The van der Waals surface area contributed by atoms with Crippen LogP contribution in [0.2, 0.25) is 0 Å². The second-order valence-electron chi connectivity index (χ2n) is 7.01. The lowest BCUT2D eigenvalue weighted by atomic mass is 9.97. The van der Waals surface area contributed by atoms with Crippen LogP contribution < -0.4 is 11.2 Å². The van der Waals surface area contributed by atoms with E-state index in [9.17, 15) is 40.7 Å². The summed E-state index contributed by atoms with van der Waals surface area (Å²) in [6.45, 7) is 1.17. The summed E-state index contributed by atoms with van der Waals surface area (Å²) in [5, 5.41) is 0. The lowest BCUT2D eigenvalue weighted by Gasteiger charge is -2.17. The van der Waals surface area contributed by atoms with Crippen molar-refractivity contribution in [3.63, 3.8) is 0 Å². The molecule has 0 unspecified atom stereocenters. The van der Waals surface area contributed by atoms with Gasteiger partial charge in [0, 0.05) is 23.5 Å². The van der Waals surface area contributed by atoms with E-state index in [0.717, 1.165) is 4.57 Å². The van der Waals surface area contributed by atoms with Gasteiger partial charge in [0.1, 0.15) is 5.69 Å². The molecule has 0 bridgehead atoms. The molecule has 1 N–H and O–H groups in total. The topological polar surface area (TPSA) is 84.8 Å². The van der Waals surface area contributed by atoms with Gasteiger partial charge >= 0.3 is 18.0 Å². The minimum atomic E-state index is -5.17. The number of aromatic amines is 1. The van der Waals surface area contributed by atoms with Crippen LogP contribution >= 0.6 is 0 Å². The molecule has 2 heterocycles. The smallest absolute Gasteiger partial charge is 0.287 e. The maximum Gasteiger partial charge on any atom is 0.416 e. The van der Waals surface area contributed by atoms with Gasteiger partial charge in [0.25, 0.3) is 5.56 Å². The monoisotopic (exact) mass is 471 g/mol. The Morgan fingerprint density at radius 2 is 1.52 bits per heavy atom. The van der Waals surface area contributed by atoms with E-state index in [0.29, 0.717) is 5.56 Å². The van der Waals surface area contributed by atoms with Crippen molar-refractivity contribution >= 4 is 5.78 Å². The van der Waals surface area contributed by atoms with Gasteiger partial charge in [0.05, 0.1) is 17.7 Å². The van der Waals surface area contributed by atoms with Gasteiger partial charge in [-0.15, -0.1) is 0 Å². The first-order valence-electron chi connectivity index (χ1n) is 9.42. The number of aromatic nitrogens is 3. The summed E-state index contributed by atoms with van der Waals surface area (Å²) in [4.78, 5) is 43.9. The van der Waals surface area contributed by atoms with Gasteiger partial charge in [-0.2, -0.15) is 26.3 Å². The van der Waals surface area contributed by atoms with Gasteiger partial charge in [0.2, 0.25) is 5.78 Å². The third-order valence-corrected chi connectivity index (χ3v) is 4.80. The number of H-pyrrole nitrogens is 1. The highest BCUT2D eigenvalue weighted by atomic mass is 19.4. The molecule has 2 aromatic heterocycles. The second-order valence-corrected chi connectivity index (χ2v) is 7.01. The van der Waals surface area contributed by atoms with Gasteiger partial charge in [-0.25, -0.2) is 4.79 Å². The molecule has 6 nitrogen and oxygen atoms in total. The van der Waals surface area contributed by atoms with Gasteiger partial charge in [-0.05, 0) is 42.3 Å². The summed E-state index contributed by atoms with van der Waals surface area (Å²) >= 11 is 0. The summed E-state index contributed by atoms with van der Waals surface area (Å²) in [6, 6.07) is 3.39. The zero-order valence-electron chi connectivity index (χ0n) is 16.8. The third-order valence-electron chi connectivity index (χ3n) is 4.80. The summed E-state index contributed by atoms with van der Waals surface area (Å²) in [5.74, 6) is -1.32. The number of carbonyl (C=O) groups excluding carboxylic acids is 1. The van der Waals surface area contributed by atoms with Crippen molar-refractivity contribution in [3.05, 3.63) is 97.1 Å². The Balaban J connectivity index is 2.29. The first kappa shape index (κ1) is 24.0. The van der Waals surface area contributed by atoms with Crippen LogP contribution in [0, 0.1) is 0 Å². The molecule has 174 valence electrons. The minimum absolute atomic E-state index is 0.112. The molecular weight excluding hydrogens is 456 g/mol. The number of benzene rings is 1. The van der Waals surface area contributed by atoms with E-state index in [2.05, 4.69) is 4.98 Å². The number of halogens is 6. The number of ketones is 1. The van der Waals surface area contributed by atoms with Crippen molar-refractivity contribution in [2.75, 3.05) is 0 Å². The number of hydrogen-bond donors (Lipinski definition) is 1. The minimum Gasteiger partial charge on any atom is -0.287 e. The van der Waals surface area contributed by atoms with Crippen molar-refractivity contribution in [3.8, 4) is 0 Å². The first-order valence-corrected chi connectivity index (χ1v) is 9.42. The average Bonchev–Trinajstić information content (AvgIpc) is 2.74. The molecule has 0 amide bonds. The molecular formula is C21H15F6N3O3. The molecule has 0 spiro atoms. The number of rotatable bonds is 5. The average molecular weight is 471 g/mol. The summed E-state index contributed by atoms with van der Waals surface area (Å²) in [5.41, 5.74) is -6.72. The van der Waals surface area contributed by atoms with E-state index in [4.69, 9.17) is 0 Å². The number of hydrogen-bond acceptors (Lipinski definition) is 4. The maximum absolute atomic E-state index is 13.2. The van der Waals surface area contributed by atoms with Crippen LogP contribution in [-0.4, -0.2) is 20.3 Å². The van der Waals surface area contributed by atoms with Crippen LogP contribution in [0.25, 0.3) is 0 Å². The first-order chi connectivity index (χ1) is 15.3. The molecule has 0 aliphatic carbocycles. The Kier molecular flexibility index (Phi) is 6.30. The zero-order chi connectivity index (χ0) is 24.6. The van der Waals surface area contributed by atoms with E-state index in [-0.39, 0.29) is 36.7 Å². The number of alkyl halides is 6. The molecule has 33 heavy (non-hydrogen) atoms.